The lowest BCUT2D eigenvalue weighted by atomic mass is 10.3. The molecule has 1 unspecified atom stereocenters. The minimum Gasteiger partial charge on any atom is -0.496 e. The molecule has 8 nitrogen and oxygen atoms in total. The van der Waals surface area contributed by atoms with E-state index in [0.717, 1.165) is 6.26 Å². The molecule has 2 aliphatic rings. The first-order valence-electron chi connectivity index (χ1n) is 5.61. The van der Waals surface area contributed by atoms with Gasteiger partial charge in [0.1, 0.15) is 5.84 Å². The van der Waals surface area contributed by atoms with E-state index in [1.165, 1.54) is 12.0 Å². The Labute approximate surface area is 111 Å². The lowest BCUT2D eigenvalue weighted by molar-refractivity contribution is -0.125. The quantitative estimate of drug-likeness (QED) is 0.694. The molecule has 0 saturated carbocycles. The highest BCUT2D eigenvalue weighted by Gasteiger charge is 2.44. The fraction of sp³-hybridized carbons (Fsp3) is 0.600. The molecule has 1 amide bonds. The first-order valence-corrected chi connectivity index (χ1v) is 7.43. The number of nitrogens with one attached hydrogen (secondary N) is 1. The molecule has 0 aliphatic carbocycles. The Morgan fingerprint density at radius 1 is 1.47 bits per heavy atom. The summed E-state index contributed by atoms with van der Waals surface area (Å²) in [6.45, 7) is 2.15. The van der Waals surface area contributed by atoms with Crippen molar-refractivity contribution in [3.8, 4) is 0 Å². The maximum absolute atomic E-state index is 12.2. The number of carbonyl (C=O) groups is 1. The summed E-state index contributed by atoms with van der Waals surface area (Å²) in [6, 6.07) is 0. The van der Waals surface area contributed by atoms with Crippen molar-refractivity contribution in [3.63, 3.8) is 0 Å². The SMILES string of the molecule is COC1=C(C)C(=O)N(C2=NNCC2)C1OS(C)(=O)=O. The second-order valence-electron chi connectivity index (χ2n) is 4.21. The van der Waals surface area contributed by atoms with Crippen LogP contribution >= 0.6 is 0 Å². The third kappa shape index (κ3) is 2.56. The van der Waals surface area contributed by atoms with Gasteiger partial charge in [0.2, 0.25) is 6.23 Å². The molecule has 0 aromatic heterocycles. The molecule has 1 atom stereocenters. The second-order valence-corrected chi connectivity index (χ2v) is 5.81. The molecular weight excluding hydrogens is 274 g/mol. The van der Waals surface area contributed by atoms with Gasteiger partial charge in [-0.05, 0) is 6.92 Å². The van der Waals surface area contributed by atoms with Gasteiger partial charge < -0.3 is 10.2 Å². The lowest BCUT2D eigenvalue weighted by Crippen LogP contribution is -2.42. The molecule has 1 N–H and O–H groups in total. The van der Waals surface area contributed by atoms with Crippen LogP contribution in [0.25, 0.3) is 0 Å². The fourth-order valence-electron chi connectivity index (χ4n) is 2.00. The highest BCUT2D eigenvalue weighted by molar-refractivity contribution is 7.86. The molecule has 2 aliphatic heterocycles. The largest absolute Gasteiger partial charge is 0.496 e. The highest BCUT2D eigenvalue weighted by Crippen LogP contribution is 2.29. The number of nitrogens with zero attached hydrogens (tertiary/aromatic N) is 2. The predicted molar refractivity (Wildman–Crippen MR) is 66.3 cm³/mol. The zero-order valence-corrected chi connectivity index (χ0v) is 11.7. The smallest absolute Gasteiger partial charge is 0.266 e. The Hall–Kier alpha value is -1.61. The van der Waals surface area contributed by atoms with Crippen molar-refractivity contribution in [1.82, 2.24) is 10.3 Å². The predicted octanol–water partition coefficient (Wildman–Crippen LogP) is -0.642. The number of hydrazone groups is 1. The summed E-state index contributed by atoms with van der Waals surface area (Å²) in [5.41, 5.74) is 3.04. The van der Waals surface area contributed by atoms with Gasteiger partial charge in [0.05, 0.1) is 18.9 Å². The van der Waals surface area contributed by atoms with Crippen LogP contribution in [0.4, 0.5) is 0 Å². The van der Waals surface area contributed by atoms with Crippen LogP contribution in [0.1, 0.15) is 13.3 Å². The van der Waals surface area contributed by atoms with Gasteiger partial charge >= 0.3 is 0 Å². The molecule has 2 heterocycles. The van der Waals surface area contributed by atoms with Crippen LogP contribution in [0.2, 0.25) is 0 Å². The molecule has 106 valence electrons. The van der Waals surface area contributed by atoms with Crippen molar-refractivity contribution >= 4 is 21.9 Å². The van der Waals surface area contributed by atoms with Gasteiger partial charge in [0.25, 0.3) is 16.0 Å². The summed E-state index contributed by atoms with van der Waals surface area (Å²) in [6.07, 6.45) is 0.316. The van der Waals surface area contributed by atoms with Crippen molar-refractivity contribution < 1.29 is 22.1 Å². The Morgan fingerprint density at radius 2 is 2.16 bits per heavy atom. The summed E-state index contributed by atoms with van der Waals surface area (Å²) in [5.74, 6) is 0.253. The highest BCUT2D eigenvalue weighted by atomic mass is 32.2. The molecular formula is C10H15N3O5S. The Kier molecular flexibility index (Phi) is 3.50. The van der Waals surface area contributed by atoms with Crippen molar-refractivity contribution in [3.05, 3.63) is 11.3 Å². The molecule has 19 heavy (non-hydrogen) atoms. The zero-order chi connectivity index (χ0) is 14.2. The van der Waals surface area contributed by atoms with Gasteiger partial charge in [-0.2, -0.15) is 13.5 Å². The lowest BCUT2D eigenvalue weighted by Gasteiger charge is -2.24. The normalized spacial score (nSPS) is 23.7. The molecule has 0 aromatic carbocycles. The minimum atomic E-state index is -3.74. The van der Waals surface area contributed by atoms with Crippen LogP contribution in [-0.2, 0) is 23.8 Å². The monoisotopic (exact) mass is 289 g/mol. The van der Waals surface area contributed by atoms with E-state index < -0.39 is 16.3 Å². The van der Waals surface area contributed by atoms with Crippen LogP contribution in [0.15, 0.2) is 16.4 Å². The number of hydrogen-bond acceptors (Lipinski definition) is 7. The molecule has 9 heteroatoms. The minimum absolute atomic E-state index is 0.185. The van der Waals surface area contributed by atoms with E-state index in [1.54, 1.807) is 6.92 Å². The van der Waals surface area contributed by atoms with E-state index in [1.807, 2.05) is 0 Å². The van der Waals surface area contributed by atoms with Gasteiger partial charge in [0, 0.05) is 13.0 Å². The topological polar surface area (TPSA) is 97.3 Å². The Bertz CT molecular complexity index is 566. The van der Waals surface area contributed by atoms with Crippen LogP contribution in [0.3, 0.4) is 0 Å². The van der Waals surface area contributed by atoms with Crippen LogP contribution in [0.5, 0.6) is 0 Å². The van der Waals surface area contributed by atoms with Gasteiger partial charge in [0.15, 0.2) is 5.76 Å². The first-order chi connectivity index (χ1) is 8.85. The average molecular weight is 289 g/mol. The molecule has 2 rings (SSSR count). The van der Waals surface area contributed by atoms with Crippen molar-refractivity contribution in [2.45, 2.75) is 19.6 Å². The van der Waals surface area contributed by atoms with Gasteiger partial charge in [-0.1, -0.05) is 0 Å². The average Bonchev–Trinajstić information content (AvgIpc) is 2.87. The number of ether oxygens (including phenoxy) is 1. The van der Waals surface area contributed by atoms with E-state index in [9.17, 15) is 13.2 Å². The Balaban J connectivity index is 2.39. The maximum Gasteiger partial charge on any atom is 0.266 e. The van der Waals surface area contributed by atoms with Crippen molar-refractivity contribution in [1.29, 1.82) is 0 Å². The fourth-order valence-corrected chi connectivity index (χ4v) is 2.50. The number of carbonyl (C=O) groups excluding carboxylic acids is 1. The number of amidine groups is 1. The van der Waals surface area contributed by atoms with E-state index in [4.69, 9.17) is 8.92 Å². The summed E-state index contributed by atoms with van der Waals surface area (Å²) in [5, 5.41) is 3.97. The van der Waals surface area contributed by atoms with Gasteiger partial charge in [-0.15, -0.1) is 0 Å². The summed E-state index contributed by atoms with van der Waals surface area (Å²) in [4.78, 5) is 13.4. The number of methoxy groups -OCH3 is 1. The van der Waals surface area contributed by atoms with Gasteiger partial charge in [-0.3, -0.25) is 9.69 Å². The third-order valence-electron chi connectivity index (χ3n) is 2.80. The van der Waals surface area contributed by atoms with Crippen LogP contribution in [0, 0.1) is 0 Å². The Morgan fingerprint density at radius 3 is 2.63 bits per heavy atom. The number of hydrogen-bond donors (Lipinski definition) is 1. The summed E-state index contributed by atoms with van der Waals surface area (Å²) >= 11 is 0. The molecule has 0 radical (unpaired) electrons. The van der Waals surface area contributed by atoms with Crippen molar-refractivity contribution in [2.75, 3.05) is 19.9 Å². The molecule has 0 aromatic rings. The van der Waals surface area contributed by atoms with E-state index >= 15 is 0 Å². The summed E-state index contributed by atoms with van der Waals surface area (Å²) in [7, 11) is -2.38. The maximum atomic E-state index is 12.2. The zero-order valence-electron chi connectivity index (χ0n) is 10.8. The van der Waals surface area contributed by atoms with E-state index in [-0.39, 0.29) is 11.7 Å². The van der Waals surface area contributed by atoms with Crippen LogP contribution < -0.4 is 5.43 Å². The van der Waals surface area contributed by atoms with Gasteiger partial charge in [-0.25, -0.2) is 4.18 Å². The third-order valence-corrected chi connectivity index (χ3v) is 3.33. The molecule has 0 saturated heterocycles. The van der Waals surface area contributed by atoms with Crippen LogP contribution in [-0.4, -0.2) is 51.2 Å². The standard InChI is InChI=1S/C10H15N3O5S/c1-6-8(17-2)10(18-19(3,15)16)13(9(6)14)7-4-5-11-12-7/h10-11H,4-5H2,1-3H3. The number of rotatable bonds is 3. The van der Waals surface area contributed by atoms with Crippen molar-refractivity contribution in [2.24, 2.45) is 5.10 Å². The number of amides is 1. The first kappa shape index (κ1) is 13.8. The molecule has 0 bridgehead atoms. The van der Waals surface area contributed by atoms with E-state index in [2.05, 4.69) is 10.5 Å². The second kappa shape index (κ2) is 4.82. The molecule has 0 spiro atoms. The molecule has 0 fully saturated rings. The van der Waals surface area contributed by atoms with E-state index in [0.29, 0.717) is 24.4 Å². The summed E-state index contributed by atoms with van der Waals surface area (Å²) < 4.78 is 32.7.